The number of aliphatic carboxylic acids is 1. The number of carboxylic acids is 1. The van der Waals surface area contributed by atoms with Gasteiger partial charge in [-0.3, -0.25) is 9.59 Å². The molecule has 1 aliphatic heterocycles. The molecule has 1 aliphatic carbocycles. The number of likely N-dealkylation sites (tertiary alicyclic amines) is 1. The van der Waals surface area contributed by atoms with E-state index in [0.29, 0.717) is 12.3 Å². The summed E-state index contributed by atoms with van der Waals surface area (Å²) in [6, 6.07) is -0.0388. The van der Waals surface area contributed by atoms with Crippen molar-refractivity contribution in [2.45, 2.75) is 51.0 Å². The molecule has 1 saturated carbocycles. The molecule has 1 unspecified atom stereocenters. The Bertz CT molecular complexity index is 286. The third-order valence-electron chi connectivity index (χ3n) is 3.56. The molecule has 4 heteroatoms. The van der Waals surface area contributed by atoms with Gasteiger partial charge in [-0.05, 0) is 31.6 Å². The summed E-state index contributed by atoms with van der Waals surface area (Å²) in [5.74, 6) is -0.178. The van der Waals surface area contributed by atoms with E-state index in [0.717, 1.165) is 38.6 Å². The summed E-state index contributed by atoms with van der Waals surface area (Å²) < 4.78 is 0. The fourth-order valence-corrected chi connectivity index (χ4v) is 2.55. The summed E-state index contributed by atoms with van der Waals surface area (Å²) in [5.41, 5.74) is 0. The summed E-state index contributed by atoms with van der Waals surface area (Å²) in [4.78, 5) is 24.6. The Labute approximate surface area is 95.6 Å². The molecular weight excluding hydrogens is 206 g/mol. The van der Waals surface area contributed by atoms with Crippen molar-refractivity contribution < 1.29 is 14.7 Å². The molecule has 1 amide bonds. The summed E-state index contributed by atoms with van der Waals surface area (Å²) in [6.07, 6.45) is 5.96. The number of carbonyl (C=O) groups is 2. The van der Waals surface area contributed by atoms with Crippen LogP contribution in [0.25, 0.3) is 0 Å². The average molecular weight is 225 g/mol. The molecule has 1 saturated heterocycles. The van der Waals surface area contributed by atoms with Crippen LogP contribution >= 0.6 is 0 Å². The first-order valence-corrected chi connectivity index (χ1v) is 6.20. The minimum Gasteiger partial charge on any atom is -0.481 e. The van der Waals surface area contributed by atoms with E-state index in [1.807, 2.05) is 4.90 Å². The van der Waals surface area contributed by atoms with Crippen LogP contribution in [0.5, 0.6) is 0 Å². The van der Waals surface area contributed by atoms with E-state index in [1.165, 1.54) is 0 Å². The monoisotopic (exact) mass is 225 g/mol. The van der Waals surface area contributed by atoms with Crippen molar-refractivity contribution in [3.8, 4) is 0 Å². The molecule has 0 spiro atoms. The lowest BCUT2D eigenvalue weighted by atomic mass is 10.1. The number of rotatable bonds is 4. The predicted octanol–water partition coefficient (Wildman–Crippen LogP) is 1.64. The Kier molecular flexibility index (Phi) is 3.46. The summed E-state index contributed by atoms with van der Waals surface area (Å²) in [7, 11) is 0. The second kappa shape index (κ2) is 4.85. The van der Waals surface area contributed by atoms with Crippen molar-refractivity contribution in [2.24, 2.45) is 5.92 Å². The quantitative estimate of drug-likeness (QED) is 0.791. The molecule has 0 aromatic carbocycles. The van der Waals surface area contributed by atoms with Crippen molar-refractivity contribution in [1.29, 1.82) is 0 Å². The number of carboxylic acid groups (broad SMARTS) is 1. The Hall–Kier alpha value is -1.06. The minimum absolute atomic E-state index is 0.0388. The lowest BCUT2D eigenvalue weighted by Gasteiger charge is -2.30. The maximum Gasteiger partial charge on any atom is 0.305 e. The number of hydrogen-bond donors (Lipinski definition) is 1. The van der Waals surface area contributed by atoms with Gasteiger partial charge in [-0.2, -0.15) is 0 Å². The average Bonchev–Trinajstić information content (AvgIpc) is 3.01. The van der Waals surface area contributed by atoms with Gasteiger partial charge in [0, 0.05) is 19.0 Å². The van der Waals surface area contributed by atoms with Gasteiger partial charge >= 0.3 is 5.97 Å². The first-order valence-electron chi connectivity index (χ1n) is 6.20. The molecule has 0 bridgehead atoms. The molecule has 2 rings (SSSR count). The zero-order chi connectivity index (χ0) is 11.5. The van der Waals surface area contributed by atoms with Crippen LogP contribution in [-0.4, -0.2) is 34.5 Å². The van der Waals surface area contributed by atoms with Gasteiger partial charge in [-0.1, -0.05) is 6.42 Å². The Morgan fingerprint density at radius 1 is 1.38 bits per heavy atom. The number of hydrogen-bond acceptors (Lipinski definition) is 2. The fraction of sp³-hybridized carbons (Fsp3) is 0.833. The van der Waals surface area contributed by atoms with E-state index in [2.05, 4.69) is 0 Å². The molecule has 0 radical (unpaired) electrons. The van der Waals surface area contributed by atoms with E-state index in [4.69, 9.17) is 5.11 Å². The van der Waals surface area contributed by atoms with Crippen molar-refractivity contribution in [2.75, 3.05) is 6.54 Å². The molecule has 0 aromatic rings. The van der Waals surface area contributed by atoms with Crippen LogP contribution in [0.2, 0.25) is 0 Å². The highest BCUT2D eigenvalue weighted by Gasteiger charge is 2.38. The molecule has 0 aromatic heterocycles. The van der Waals surface area contributed by atoms with Gasteiger partial charge in [0.25, 0.3) is 0 Å². The largest absolute Gasteiger partial charge is 0.481 e. The lowest BCUT2D eigenvalue weighted by Crippen LogP contribution is -2.42. The van der Waals surface area contributed by atoms with Gasteiger partial charge < -0.3 is 10.0 Å². The smallest absolute Gasteiger partial charge is 0.305 e. The van der Waals surface area contributed by atoms with Gasteiger partial charge in [0.2, 0.25) is 5.91 Å². The third kappa shape index (κ3) is 2.74. The normalized spacial score (nSPS) is 24.0. The van der Waals surface area contributed by atoms with Crippen molar-refractivity contribution in [3.63, 3.8) is 0 Å². The zero-order valence-corrected chi connectivity index (χ0v) is 9.52. The minimum atomic E-state index is -0.783. The van der Waals surface area contributed by atoms with Crippen LogP contribution in [0.1, 0.15) is 44.9 Å². The van der Waals surface area contributed by atoms with Crippen molar-refractivity contribution in [3.05, 3.63) is 0 Å². The number of nitrogens with zero attached hydrogens (tertiary/aromatic N) is 1. The molecule has 2 aliphatic rings. The van der Waals surface area contributed by atoms with Crippen LogP contribution in [0.4, 0.5) is 0 Å². The fourth-order valence-electron chi connectivity index (χ4n) is 2.55. The van der Waals surface area contributed by atoms with E-state index in [1.54, 1.807) is 0 Å². The molecule has 90 valence electrons. The van der Waals surface area contributed by atoms with Crippen LogP contribution in [0.3, 0.4) is 0 Å². The molecule has 4 nitrogen and oxygen atoms in total. The van der Waals surface area contributed by atoms with Crippen LogP contribution in [-0.2, 0) is 9.59 Å². The number of amides is 1. The number of carbonyl (C=O) groups excluding carboxylic acids is 1. The highest BCUT2D eigenvalue weighted by Crippen LogP contribution is 2.37. The Morgan fingerprint density at radius 2 is 2.12 bits per heavy atom. The van der Waals surface area contributed by atoms with E-state index >= 15 is 0 Å². The van der Waals surface area contributed by atoms with Crippen LogP contribution in [0.15, 0.2) is 0 Å². The SMILES string of the molecule is O=C(O)CC(C1CC1)N1CCCCCC1=O. The molecule has 1 heterocycles. The van der Waals surface area contributed by atoms with Crippen LogP contribution in [0, 0.1) is 5.92 Å². The van der Waals surface area contributed by atoms with Crippen molar-refractivity contribution in [1.82, 2.24) is 4.90 Å². The third-order valence-corrected chi connectivity index (χ3v) is 3.56. The van der Waals surface area contributed by atoms with Crippen LogP contribution < -0.4 is 0 Å². The molecule has 2 fully saturated rings. The Balaban J connectivity index is 2.04. The molecule has 1 atom stereocenters. The van der Waals surface area contributed by atoms with E-state index < -0.39 is 5.97 Å². The maximum atomic E-state index is 11.9. The predicted molar refractivity (Wildman–Crippen MR) is 58.9 cm³/mol. The van der Waals surface area contributed by atoms with Gasteiger partial charge in [0.15, 0.2) is 0 Å². The summed E-state index contributed by atoms with van der Waals surface area (Å²) in [6.45, 7) is 0.757. The maximum absolute atomic E-state index is 11.9. The molecule has 1 N–H and O–H groups in total. The van der Waals surface area contributed by atoms with Gasteiger partial charge in [0.05, 0.1) is 6.42 Å². The second-order valence-electron chi connectivity index (χ2n) is 4.90. The van der Waals surface area contributed by atoms with Gasteiger partial charge in [0.1, 0.15) is 0 Å². The molecule has 16 heavy (non-hydrogen) atoms. The van der Waals surface area contributed by atoms with E-state index in [9.17, 15) is 9.59 Å². The first kappa shape index (κ1) is 11.4. The second-order valence-corrected chi connectivity index (χ2v) is 4.90. The van der Waals surface area contributed by atoms with Crippen molar-refractivity contribution >= 4 is 11.9 Å². The zero-order valence-electron chi connectivity index (χ0n) is 9.52. The standard InChI is InChI=1S/C12H19NO3/c14-11-4-2-1-3-7-13(11)10(8-12(15)16)9-5-6-9/h9-10H,1-8H2,(H,15,16). The topological polar surface area (TPSA) is 57.6 Å². The lowest BCUT2D eigenvalue weighted by molar-refractivity contribution is -0.141. The first-order chi connectivity index (χ1) is 7.68. The van der Waals surface area contributed by atoms with Gasteiger partial charge in [-0.25, -0.2) is 0 Å². The highest BCUT2D eigenvalue weighted by molar-refractivity contribution is 5.78. The Morgan fingerprint density at radius 3 is 2.75 bits per heavy atom. The highest BCUT2D eigenvalue weighted by atomic mass is 16.4. The molecular formula is C12H19NO3. The van der Waals surface area contributed by atoms with Gasteiger partial charge in [-0.15, -0.1) is 0 Å². The van der Waals surface area contributed by atoms with E-state index in [-0.39, 0.29) is 18.4 Å². The summed E-state index contributed by atoms with van der Waals surface area (Å²) in [5, 5.41) is 8.91. The summed E-state index contributed by atoms with van der Waals surface area (Å²) >= 11 is 0.